The molecule has 20 heavy (non-hydrogen) atoms. The molecule has 1 saturated heterocycles. The number of fused-ring (bicyclic) bond motifs is 1. The zero-order valence-electron chi connectivity index (χ0n) is 12.3. The van der Waals surface area contributed by atoms with E-state index in [1.165, 1.54) is 17.5 Å². The highest BCUT2D eigenvalue weighted by Crippen LogP contribution is 2.28. The topological polar surface area (TPSA) is 32.3 Å². The van der Waals surface area contributed by atoms with Crippen LogP contribution in [-0.4, -0.2) is 29.9 Å². The molecule has 3 rings (SSSR count). The SMILES string of the molecule is CCC1CCCCN1C(=O)C1NCCc2ccccc21. The van der Waals surface area contributed by atoms with Crippen LogP contribution in [0.4, 0.5) is 0 Å². The van der Waals surface area contributed by atoms with E-state index in [1.807, 2.05) is 6.07 Å². The van der Waals surface area contributed by atoms with Crippen LogP contribution in [0.25, 0.3) is 0 Å². The van der Waals surface area contributed by atoms with Gasteiger partial charge in [-0.1, -0.05) is 31.2 Å². The Hall–Kier alpha value is -1.35. The highest BCUT2D eigenvalue weighted by Gasteiger charge is 2.33. The van der Waals surface area contributed by atoms with Crippen molar-refractivity contribution in [3.8, 4) is 0 Å². The van der Waals surface area contributed by atoms with Gasteiger partial charge in [0.2, 0.25) is 5.91 Å². The molecule has 2 aliphatic heterocycles. The van der Waals surface area contributed by atoms with Crippen molar-refractivity contribution in [2.45, 2.75) is 51.1 Å². The largest absolute Gasteiger partial charge is 0.338 e. The third kappa shape index (κ3) is 2.47. The summed E-state index contributed by atoms with van der Waals surface area (Å²) in [7, 11) is 0. The highest BCUT2D eigenvalue weighted by molar-refractivity contribution is 5.84. The summed E-state index contributed by atoms with van der Waals surface area (Å²) in [6, 6.07) is 8.68. The molecule has 1 amide bonds. The second kappa shape index (κ2) is 5.96. The van der Waals surface area contributed by atoms with Gasteiger partial charge in [0.15, 0.2) is 0 Å². The van der Waals surface area contributed by atoms with Crippen molar-refractivity contribution in [3.63, 3.8) is 0 Å². The van der Waals surface area contributed by atoms with E-state index in [4.69, 9.17) is 0 Å². The molecule has 0 aromatic heterocycles. The Morgan fingerprint density at radius 1 is 1.35 bits per heavy atom. The smallest absolute Gasteiger partial charge is 0.244 e. The standard InChI is InChI=1S/C17H24N2O/c1-2-14-8-5-6-12-19(14)17(20)16-15-9-4-3-7-13(15)10-11-18-16/h3-4,7,9,14,16,18H,2,5-6,8,10-12H2,1H3. The fraction of sp³-hybridized carbons (Fsp3) is 0.588. The van der Waals surface area contributed by atoms with Crippen molar-refractivity contribution in [1.82, 2.24) is 10.2 Å². The molecule has 0 bridgehead atoms. The predicted molar refractivity (Wildman–Crippen MR) is 80.5 cm³/mol. The zero-order valence-corrected chi connectivity index (χ0v) is 12.3. The number of rotatable bonds is 2. The Balaban J connectivity index is 1.84. The van der Waals surface area contributed by atoms with E-state index in [0.717, 1.165) is 38.8 Å². The van der Waals surface area contributed by atoms with Gasteiger partial charge in [0, 0.05) is 19.1 Å². The maximum absolute atomic E-state index is 12.9. The fourth-order valence-corrected chi connectivity index (χ4v) is 3.61. The normalized spacial score (nSPS) is 26.1. The van der Waals surface area contributed by atoms with Crippen LogP contribution in [0.1, 0.15) is 49.8 Å². The molecule has 1 N–H and O–H groups in total. The van der Waals surface area contributed by atoms with Crippen molar-refractivity contribution in [1.29, 1.82) is 0 Å². The molecule has 0 radical (unpaired) electrons. The van der Waals surface area contributed by atoms with Gasteiger partial charge in [0.25, 0.3) is 0 Å². The number of amides is 1. The first-order valence-electron chi connectivity index (χ1n) is 7.93. The molecule has 3 nitrogen and oxygen atoms in total. The van der Waals surface area contributed by atoms with Gasteiger partial charge < -0.3 is 10.2 Å². The van der Waals surface area contributed by atoms with Crippen LogP contribution in [0.3, 0.4) is 0 Å². The number of carbonyl (C=O) groups is 1. The van der Waals surface area contributed by atoms with Crippen LogP contribution in [-0.2, 0) is 11.2 Å². The van der Waals surface area contributed by atoms with E-state index < -0.39 is 0 Å². The quantitative estimate of drug-likeness (QED) is 0.897. The van der Waals surface area contributed by atoms with Gasteiger partial charge in [0.1, 0.15) is 6.04 Å². The molecule has 0 spiro atoms. The molecule has 3 heteroatoms. The van der Waals surface area contributed by atoms with Gasteiger partial charge >= 0.3 is 0 Å². The van der Waals surface area contributed by atoms with Gasteiger partial charge in [0.05, 0.1) is 0 Å². The molecular weight excluding hydrogens is 248 g/mol. The maximum Gasteiger partial charge on any atom is 0.244 e. The first-order valence-corrected chi connectivity index (χ1v) is 7.93. The first kappa shape index (κ1) is 13.6. The molecule has 2 heterocycles. The molecule has 108 valence electrons. The van der Waals surface area contributed by atoms with Crippen LogP contribution in [0.15, 0.2) is 24.3 Å². The highest BCUT2D eigenvalue weighted by atomic mass is 16.2. The number of nitrogens with zero attached hydrogens (tertiary/aromatic N) is 1. The van der Waals surface area contributed by atoms with Crippen molar-refractivity contribution >= 4 is 5.91 Å². The Kier molecular flexibility index (Phi) is 4.06. The van der Waals surface area contributed by atoms with Gasteiger partial charge in [-0.3, -0.25) is 4.79 Å². The number of likely N-dealkylation sites (tertiary alicyclic amines) is 1. The van der Waals surface area contributed by atoms with E-state index in [9.17, 15) is 4.79 Å². The Labute approximate surface area is 121 Å². The first-order chi connectivity index (χ1) is 9.81. The maximum atomic E-state index is 12.9. The number of piperidine rings is 1. The lowest BCUT2D eigenvalue weighted by Crippen LogP contribution is -2.49. The lowest BCUT2D eigenvalue weighted by atomic mass is 9.91. The molecule has 1 fully saturated rings. The molecular formula is C17H24N2O. The molecule has 2 atom stereocenters. The number of carbonyl (C=O) groups excluding carboxylic acids is 1. The van der Waals surface area contributed by atoms with Crippen molar-refractivity contribution in [3.05, 3.63) is 35.4 Å². The fourth-order valence-electron chi connectivity index (χ4n) is 3.61. The van der Waals surface area contributed by atoms with Gasteiger partial charge in [-0.25, -0.2) is 0 Å². The monoisotopic (exact) mass is 272 g/mol. The van der Waals surface area contributed by atoms with Crippen molar-refractivity contribution < 1.29 is 4.79 Å². The van der Waals surface area contributed by atoms with Crippen LogP contribution < -0.4 is 5.32 Å². The second-order valence-electron chi connectivity index (χ2n) is 5.93. The summed E-state index contributed by atoms with van der Waals surface area (Å²) in [5.74, 6) is 0.281. The summed E-state index contributed by atoms with van der Waals surface area (Å²) in [5.41, 5.74) is 2.51. The summed E-state index contributed by atoms with van der Waals surface area (Å²) < 4.78 is 0. The molecule has 0 saturated carbocycles. The number of nitrogens with one attached hydrogen (secondary N) is 1. The van der Waals surface area contributed by atoms with E-state index in [1.54, 1.807) is 0 Å². The summed E-state index contributed by atoms with van der Waals surface area (Å²) >= 11 is 0. The van der Waals surface area contributed by atoms with Crippen molar-refractivity contribution in [2.75, 3.05) is 13.1 Å². The third-order valence-electron chi connectivity index (χ3n) is 4.74. The minimum atomic E-state index is -0.132. The average molecular weight is 272 g/mol. The number of hydrogen-bond donors (Lipinski definition) is 1. The van der Waals surface area contributed by atoms with Crippen LogP contribution in [0, 0.1) is 0 Å². The number of hydrogen-bond acceptors (Lipinski definition) is 2. The minimum absolute atomic E-state index is 0.132. The Bertz CT molecular complexity index is 486. The zero-order chi connectivity index (χ0) is 13.9. The average Bonchev–Trinajstić information content (AvgIpc) is 2.53. The lowest BCUT2D eigenvalue weighted by Gasteiger charge is -2.39. The number of benzene rings is 1. The summed E-state index contributed by atoms with van der Waals surface area (Å²) in [4.78, 5) is 15.1. The lowest BCUT2D eigenvalue weighted by molar-refractivity contribution is -0.137. The summed E-state index contributed by atoms with van der Waals surface area (Å²) in [5, 5.41) is 3.43. The van der Waals surface area contributed by atoms with Gasteiger partial charge in [-0.05, 0) is 43.2 Å². The van der Waals surface area contributed by atoms with E-state index in [2.05, 4.69) is 35.3 Å². The summed E-state index contributed by atoms with van der Waals surface area (Å²) in [6.45, 7) is 4.02. The molecule has 2 unspecified atom stereocenters. The van der Waals surface area contributed by atoms with Crippen LogP contribution in [0.5, 0.6) is 0 Å². The van der Waals surface area contributed by atoms with Crippen molar-refractivity contribution in [2.24, 2.45) is 0 Å². The minimum Gasteiger partial charge on any atom is -0.338 e. The molecule has 0 aliphatic carbocycles. The van der Waals surface area contributed by atoms with Crippen LogP contribution >= 0.6 is 0 Å². The molecule has 1 aromatic carbocycles. The predicted octanol–water partition coefficient (Wildman–Crippen LogP) is 2.66. The Morgan fingerprint density at radius 2 is 2.20 bits per heavy atom. The van der Waals surface area contributed by atoms with Crippen LogP contribution in [0.2, 0.25) is 0 Å². The second-order valence-corrected chi connectivity index (χ2v) is 5.93. The molecule has 1 aromatic rings. The van der Waals surface area contributed by atoms with E-state index in [-0.39, 0.29) is 11.9 Å². The van der Waals surface area contributed by atoms with Gasteiger partial charge in [-0.15, -0.1) is 0 Å². The summed E-state index contributed by atoms with van der Waals surface area (Å²) in [6.07, 6.45) is 5.67. The Morgan fingerprint density at radius 3 is 3.05 bits per heavy atom. The van der Waals surface area contributed by atoms with E-state index in [0.29, 0.717) is 6.04 Å². The van der Waals surface area contributed by atoms with E-state index >= 15 is 0 Å². The van der Waals surface area contributed by atoms with Gasteiger partial charge in [-0.2, -0.15) is 0 Å². The third-order valence-corrected chi connectivity index (χ3v) is 4.74. The molecule has 2 aliphatic rings.